The molecule has 2 heterocycles. The van der Waals surface area contributed by atoms with E-state index >= 15 is 0 Å². The summed E-state index contributed by atoms with van der Waals surface area (Å²) in [7, 11) is 1.42. The van der Waals surface area contributed by atoms with E-state index in [2.05, 4.69) is 11.4 Å². The molecule has 1 unspecified atom stereocenters. The molecule has 2 aliphatic rings. The first-order chi connectivity index (χ1) is 15.0. The number of halogens is 1. The smallest absolute Gasteiger partial charge is 0.185 e. The molecule has 0 bridgehead atoms. The monoisotopic (exact) mass is 427 g/mol. The summed E-state index contributed by atoms with van der Waals surface area (Å²) in [6.07, 6.45) is -1.62. The number of hydrogen-bond acceptors (Lipinski definition) is 7. The number of ether oxygens (including phenoxy) is 3. The molecule has 2 saturated heterocycles. The van der Waals surface area contributed by atoms with Gasteiger partial charge in [-0.1, -0.05) is 6.07 Å². The lowest BCUT2D eigenvalue weighted by molar-refractivity contribution is -0.268. The molecule has 1 atom stereocenters. The third-order valence-corrected chi connectivity index (χ3v) is 5.78. The number of nitrogens with zero attached hydrogens (tertiary/aromatic N) is 2. The Bertz CT molecular complexity index is 933. The Morgan fingerprint density at radius 2 is 1.97 bits per heavy atom. The topological polar surface area (TPSA) is 87.0 Å². The average molecular weight is 427 g/mol. The van der Waals surface area contributed by atoms with E-state index in [0.717, 1.165) is 24.3 Å². The van der Waals surface area contributed by atoms with Crippen molar-refractivity contribution in [2.45, 2.75) is 18.9 Å². The first-order valence-corrected chi connectivity index (χ1v) is 10.2. The number of nitriles is 1. The van der Waals surface area contributed by atoms with Crippen LogP contribution in [0.1, 0.15) is 11.1 Å². The van der Waals surface area contributed by atoms with Crippen molar-refractivity contribution in [3.05, 3.63) is 59.4 Å². The Labute approximate surface area is 180 Å². The van der Waals surface area contributed by atoms with Crippen LogP contribution in [0.25, 0.3) is 0 Å². The fourth-order valence-electron chi connectivity index (χ4n) is 3.86. The maximum atomic E-state index is 14.2. The average Bonchev–Trinajstić information content (AvgIpc) is 2.78. The van der Waals surface area contributed by atoms with E-state index in [1.165, 1.54) is 13.2 Å². The number of anilines is 1. The quantitative estimate of drug-likeness (QED) is 0.699. The van der Waals surface area contributed by atoms with Gasteiger partial charge in [-0.2, -0.15) is 5.26 Å². The highest BCUT2D eigenvalue weighted by atomic mass is 19.1. The van der Waals surface area contributed by atoms with Crippen LogP contribution in [0.3, 0.4) is 0 Å². The fraction of sp³-hybridized carbons (Fsp3) is 0.435. The van der Waals surface area contributed by atoms with Gasteiger partial charge in [0.2, 0.25) is 0 Å². The van der Waals surface area contributed by atoms with E-state index in [1.807, 2.05) is 17.0 Å². The predicted molar refractivity (Wildman–Crippen MR) is 112 cm³/mol. The van der Waals surface area contributed by atoms with Crippen molar-refractivity contribution in [2.75, 3.05) is 44.9 Å². The lowest BCUT2D eigenvalue weighted by atomic mass is 9.83. The zero-order valence-corrected chi connectivity index (χ0v) is 17.4. The number of aliphatic hydroxyl groups is 1. The molecule has 2 aliphatic heterocycles. The summed E-state index contributed by atoms with van der Waals surface area (Å²) >= 11 is 0. The van der Waals surface area contributed by atoms with Crippen LogP contribution in [-0.2, 0) is 16.0 Å². The molecule has 2 aromatic rings. The van der Waals surface area contributed by atoms with Crippen LogP contribution in [0.2, 0.25) is 0 Å². The molecule has 31 heavy (non-hydrogen) atoms. The summed E-state index contributed by atoms with van der Waals surface area (Å²) in [6, 6.07) is 13.9. The maximum absolute atomic E-state index is 14.2. The number of methoxy groups -OCH3 is 1. The van der Waals surface area contributed by atoms with Gasteiger partial charge in [-0.3, -0.25) is 0 Å². The van der Waals surface area contributed by atoms with Crippen molar-refractivity contribution < 1.29 is 23.7 Å². The Balaban J connectivity index is 1.49. The van der Waals surface area contributed by atoms with Crippen LogP contribution in [0.15, 0.2) is 42.5 Å². The molecule has 8 heteroatoms. The fourth-order valence-corrected chi connectivity index (χ4v) is 3.86. The van der Waals surface area contributed by atoms with E-state index in [1.54, 1.807) is 24.3 Å². The third-order valence-electron chi connectivity index (χ3n) is 5.78. The van der Waals surface area contributed by atoms with Crippen molar-refractivity contribution in [1.29, 1.82) is 5.26 Å². The standard InChI is InChI=1S/C23H26FN3O4/c1-29-21-7-4-17(8-19(21)24)10-27(18-5-2-16(9-25)3-6-18)11-20(28)22-30-14-23(15-31-22)12-26-13-23/h2-8,20,22,26,28H,10-15H2,1H3. The molecule has 0 radical (unpaired) electrons. The zero-order chi connectivity index (χ0) is 21.8. The molecule has 0 saturated carbocycles. The van der Waals surface area contributed by atoms with Crippen LogP contribution in [-0.4, -0.2) is 57.5 Å². The minimum absolute atomic E-state index is 0.0175. The number of rotatable bonds is 7. The highest BCUT2D eigenvalue weighted by Crippen LogP contribution is 2.30. The minimum atomic E-state index is -0.899. The van der Waals surface area contributed by atoms with E-state index in [9.17, 15) is 9.50 Å². The molecule has 0 amide bonds. The van der Waals surface area contributed by atoms with Gasteiger partial charge in [-0.15, -0.1) is 0 Å². The second-order valence-electron chi connectivity index (χ2n) is 8.17. The van der Waals surface area contributed by atoms with Crippen LogP contribution >= 0.6 is 0 Å². The van der Waals surface area contributed by atoms with Gasteiger partial charge in [0.15, 0.2) is 17.9 Å². The Morgan fingerprint density at radius 3 is 2.52 bits per heavy atom. The SMILES string of the molecule is COc1ccc(CN(CC(O)C2OCC3(CNC3)CO2)c2ccc(C#N)cc2)cc1F. The summed E-state index contributed by atoms with van der Waals surface area (Å²) in [5.41, 5.74) is 2.08. The molecule has 0 aromatic heterocycles. The highest BCUT2D eigenvalue weighted by Gasteiger charge is 2.43. The van der Waals surface area contributed by atoms with Crippen LogP contribution in [0, 0.1) is 22.6 Å². The second kappa shape index (κ2) is 9.20. The van der Waals surface area contributed by atoms with Crippen molar-refractivity contribution in [3.63, 3.8) is 0 Å². The normalized spacial score (nSPS) is 18.8. The molecule has 0 aliphatic carbocycles. The Hall–Kier alpha value is -2.70. The van der Waals surface area contributed by atoms with Gasteiger partial charge in [0.25, 0.3) is 0 Å². The summed E-state index contributed by atoms with van der Waals surface area (Å²) in [4.78, 5) is 1.91. The summed E-state index contributed by atoms with van der Waals surface area (Å²) < 4.78 is 30.8. The molecular formula is C23H26FN3O4. The van der Waals surface area contributed by atoms with E-state index in [4.69, 9.17) is 19.5 Å². The molecule has 2 aromatic carbocycles. The van der Waals surface area contributed by atoms with E-state index in [0.29, 0.717) is 25.3 Å². The number of nitrogens with one attached hydrogen (secondary N) is 1. The Kier molecular flexibility index (Phi) is 6.39. The molecule has 164 valence electrons. The van der Waals surface area contributed by atoms with Crippen molar-refractivity contribution in [1.82, 2.24) is 5.32 Å². The maximum Gasteiger partial charge on any atom is 0.185 e. The molecule has 1 spiro atoms. The summed E-state index contributed by atoms with van der Waals surface area (Å²) in [6.45, 7) is 3.37. The summed E-state index contributed by atoms with van der Waals surface area (Å²) in [5.74, 6) is -0.268. The Morgan fingerprint density at radius 1 is 1.26 bits per heavy atom. The van der Waals surface area contributed by atoms with Crippen molar-refractivity contribution in [2.24, 2.45) is 5.41 Å². The van der Waals surface area contributed by atoms with Gasteiger partial charge >= 0.3 is 0 Å². The molecule has 2 N–H and O–H groups in total. The van der Waals surface area contributed by atoms with Gasteiger partial charge in [-0.25, -0.2) is 4.39 Å². The number of benzene rings is 2. The van der Waals surface area contributed by atoms with Gasteiger partial charge in [-0.05, 0) is 42.0 Å². The number of aliphatic hydroxyl groups excluding tert-OH is 1. The van der Waals surface area contributed by atoms with E-state index in [-0.39, 0.29) is 17.7 Å². The predicted octanol–water partition coefficient (Wildman–Crippen LogP) is 2.04. The van der Waals surface area contributed by atoms with Crippen molar-refractivity contribution in [3.8, 4) is 11.8 Å². The largest absolute Gasteiger partial charge is 0.494 e. The van der Waals surface area contributed by atoms with Gasteiger partial charge in [0, 0.05) is 37.3 Å². The highest BCUT2D eigenvalue weighted by molar-refractivity contribution is 5.50. The van der Waals surface area contributed by atoms with Crippen LogP contribution < -0.4 is 15.0 Å². The molecule has 7 nitrogen and oxygen atoms in total. The van der Waals surface area contributed by atoms with Gasteiger partial charge in [0.1, 0.15) is 6.10 Å². The summed E-state index contributed by atoms with van der Waals surface area (Å²) in [5, 5.41) is 23.1. The lowest BCUT2D eigenvalue weighted by Crippen LogP contribution is -2.62. The van der Waals surface area contributed by atoms with Crippen LogP contribution in [0.4, 0.5) is 10.1 Å². The minimum Gasteiger partial charge on any atom is -0.494 e. The third kappa shape index (κ3) is 4.81. The van der Waals surface area contributed by atoms with E-state index < -0.39 is 18.2 Å². The molecule has 2 fully saturated rings. The zero-order valence-electron chi connectivity index (χ0n) is 17.4. The molecule has 4 rings (SSSR count). The van der Waals surface area contributed by atoms with Gasteiger partial charge < -0.3 is 29.5 Å². The first kappa shape index (κ1) is 21.5. The molecular weight excluding hydrogens is 401 g/mol. The van der Waals surface area contributed by atoms with Crippen LogP contribution in [0.5, 0.6) is 5.75 Å². The van der Waals surface area contributed by atoms with Gasteiger partial charge in [0.05, 0.1) is 32.0 Å². The first-order valence-electron chi connectivity index (χ1n) is 10.2. The number of hydrogen-bond donors (Lipinski definition) is 2. The van der Waals surface area contributed by atoms with Crippen molar-refractivity contribution >= 4 is 5.69 Å². The lowest BCUT2D eigenvalue weighted by Gasteiger charge is -2.47. The second-order valence-corrected chi connectivity index (χ2v) is 8.17.